The third kappa shape index (κ3) is 11.8. The number of hydrogen-bond donors (Lipinski definition) is 20. The van der Waals surface area contributed by atoms with Gasteiger partial charge in [-0.05, 0) is 0 Å². The first-order valence-electron chi connectivity index (χ1n) is 23.3. The number of nitrogens with one attached hydrogen (secondary N) is 3. The van der Waals surface area contributed by atoms with Gasteiger partial charge < -0.3 is 150 Å². The van der Waals surface area contributed by atoms with Crippen LogP contribution in [0.25, 0.3) is 0 Å². The van der Waals surface area contributed by atoms with E-state index in [-0.39, 0.29) is 0 Å². The molecule has 0 aromatic heterocycles. The molecule has 0 bridgehead atoms. The topological polar surface area (TPSA) is 526 Å². The van der Waals surface area contributed by atoms with Crippen LogP contribution in [0.4, 0.5) is 0 Å². The SMILES string of the molecule is CC(=O)N[C@H]1[C@H](O[C@@H]2[C@@H](CO)O[C@@H]3N[C@@]3(NC(C)=O)[C@H]2O)O[C@H](CO)[C@@H](O[C@@H]2O[C@H](CO[C@H]3O[C@H](CO)[C@@H](O)[C@H](O[C@H]4O[C@H](CO)[C@@H](O)[C@H](O)[C@@H]4O)[C@@H]3O)[C@@H](O)[C@H](O[C@H]3O[C@H](CO)[C@@H](O)[C@H](O)[C@@H]3O)[C@@H]2O)[C@@H]1O. The van der Waals surface area contributed by atoms with E-state index >= 15 is 0 Å². The van der Waals surface area contributed by atoms with E-state index in [9.17, 15) is 96.4 Å². The van der Waals surface area contributed by atoms with Gasteiger partial charge in [0.2, 0.25) is 11.8 Å². The van der Waals surface area contributed by atoms with Gasteiger partial charge in [0, 0.05) is 13.8 Å². The molecule has 33 heteroatoms. The van der Waals surface area contributed by atoms with Gasteiger partial charge in [0.25, 0.3) is 0 Å². The maximum Gasteiger partial charge on any atom is 0.218 e. The minimum Gasteiger partial charge on any atom is -0.394 e. The third-order valence-corrected chi connectivity index (χ3v) is 13.7. The number of carbonyl (C=O) groups is 2. The maximum absolute atomic E-state index is 12.6. The first kappa shape index (κ1) is 58.5. The summed E-state index contributed by atoms with van der Waals surface area (Å²) in [6, 6.07) is -1.69. The zero-order valence-corrected chi connectivity index (χ0v) is 38.9. The molecule has 20 N–H and O–H groups in total. The highest BCUT2D eigenvalue weighted by atomic mass is 16.8. The first-order chi connectivity index (χ1) is 34.5. The molecule has 0 unspecified atom stereocenters. The average molecular weight is 1070 g/mol. The largest absolute Gasteiger partial charge is 0.394 e. The van der Waals surface area contributed by atoms with Crippen LogP contribution in [-0.4, -0.2) is 322 Å². The first-order valence-corrected chi connectivity index (χ1v) is 23.3. The van der Waals surface area contributed by atoms with Crippen LogP contribution in [0.5, 0.6) is 0 Å². The Morgan fingerprint density at radius 3 is 1.36 bits per heavy atom. The Balaban J connectivity index is 1.13. The Bertz CT molecular complexity index is 1820. The fourth-order valence-corrected chi connectivity index (χ4v) is 9.62. The van der Waals surface area contributed by atoms with Crippen molar-refractivity contribution >= 4 is 11.8 Å². The number of ether oxygens (including phenoxy) is 11. The van der Waals surface area contributed by atoms with Crippen molar-refractivity contribution in [2.24, 2.45) is 0 Å². The summed E-state index contributed by atoms with van der Waals surface area (Å²) in [6.45, 7) is -3.28. The van der Waals surface area contributed by atoms with Crippen molar-refractivity contribution in [3.05, 3.63) is 0 Å². The molecule has 0 saturated carbocycles. The van der Waals surface area contributed by atoms with Gasteiger partial charge in [-0.1, -0.05) is 0 Å². The quantitative estimate of drug-likeness (QED) is 0.0567. The molecule has 7 aliphatic rings. The Morgan fingerprint density at radius 1 is 0.438 bits per heavy atom. The summed E-state index contributed by atoms with van der Waals surface area (Å²) in [4.78, 5) is 24.6. The number of rotatable bonds is 18. The molecule has 0 aliphatic carbocycles. The van der Waals surface area contributed by atoms with Crippen LogP contribution in [-0.2, 0) is 61.7 Å². The Labute approximate surface area is 413 Å². The van der Waals surface area contributed by atoms with E-state index < -0.39 is 235 Å². The predicted molar refractivity (Wildman–Crippen MR) is 222 cm³/mol. The zero-order chi connectivity index (χ0) is 53.5. The van der Waals surface area contributed by atoms with E-state index in [1.165, 1.54) is 0 Å². The molecule has 30 atom stereocenters. The van der Waals surface area contributed by atoms with Crippen LogP contribution in [0.15, 0.2) is 0 Å². The number of fused-ring (bicyclic) bond motifs is 1. The molecule has 0 aromatic carbocycles. The Kier molecular flexibility index (Phi) is 19.4. The van der Waals surface area contributed by atoms with Crippen molar-refractivity contribution in [2.75, 3.05) is 39.6 Å². The Morgan fingerprint density at radius 2 is 0.849 bits per heavy atom. The van der Waals surface area contributed by atoms with Gasteiger partial charge in [-0.15, -0.1) is 0 Å². The second-order valence-electron chi connectivity index (χ2n) is 18.7. The average Bonchev–Trinajstić information content (AvgIpc) is 4.07. The van der Waals surface area contributed by atoms with Crippen molar-refractivity contribution in [3.8, 4) is 0 Å². The van der Waals surface area contributed by atoms with Gasteiger partial charge in [0.15, 0.2) is 37.1 Å². The van der Waals surface area contributed by atoms with Crippen molar-refractivity contribution in [2.45, 2.75) is 198 Å². The van der Waals surface area contributed by atoms with Gasteiger partial charge in [-0.25, -0.2) is 0 Å². The van der Waals surface area contributed by atoms with Crippen LogP contribution in [0, 0.1) is 0 Å². The van der Waals surface area contributed by atoms with Crippen LogP contribution < -0.4 is 16.0 Å². The molecule has 7 heterocycles. The van der Waals surface area contributed by atoms with Crippen LogP contribution >= 0.6 is 0 Å². The molecular formula is C40H67N3O30. The molecule has 0 spiro atoms. The van der Waals surface area contributed by atoms with Crippen molar-refractivity contribution in [3.63, 3.8) is 0 Å². The summed E-state index contributed by atoms with van der Waals surface area (Å²) >= 11 is 0. The number of hydrogen-bond acceptors (Lipinski definition) is 31. The van der Waals surface area contributed by atoms with Gasteiger partial charge in [0.1, 0.15) is 147 Å². The van der Waals surface area contributed by atoms with Gasteiger partial charge in [-0.3, -0.25) is 14.9 Å². The minimum absolute atomic E-state index is 0.586. The van der Waals surface area contributed by atoms with Gasteiger partial charge in [0.05, 0.1) is 39.6 Å². The lowest BCUT2D eigenvalue weighted by atomic mass is 9.94. The lowest BCUT2D eigenvalue weighted by Crippen LogP contribution is -2.70. The normalized spacial score (nSPS) is 51.2. The minimum atomic E-state index is -2.25. The fourth-order valence-electron chi connectivity index (χ4n) is 9.62. The predicted octanol–water partition coefficient (Wildman–Crippen LogP) is -13.9. The number of aliphatic hydroxyl groups is 17. The molecule has 33 nitrogen and oxygen atoms in total. The summed E-state index contributed by atoms with van der Waals surface area (Å²) in [5.41, 5.74) is -1.58. The highest BCUT2D eigenvalue weighted by Gasteiger charge is 2.69. The molecule has 422 valence electrons. The highest BCUT2D eigenvalue weighted by molar-refractivity contribution is 5.74. The second-order valence-corrected chi connectivity index (χ2v) is 18.7. The molecule has 7 saturated heterocycles. The second kappa shape index (κ2) is 24.2. The molecule has 2 amide bonds. The highest BCUT2D eigenvalue weighted by Crippen LogP contribution is 2.41. The van der Waals surface area contributed by atoms with Gasteiger partial charge >= 0.3 is 0 Å². The standard InChI is InChI=1S/C40H67N3O30/c1-9(49)41-17-22(55)29(14(6-47)67-34(17)71-30-15(7-48)69-39-40(43-39,33(30)62)42-10(2)50)70-38-28(61)32(73-37-26(59)24(57)19(52)12(4-45)66-37)21(54)16(68-38)8-63-35-27(60)31(20(53)13(5-46)64-35)72-36-25(58)23(56)18(51)11(3-44)65-36/h11-39,43-48,51-62H,3-8H2,1-2H3,(H,41,49)(H,42,50)/t11-,12-,13-,14-,15-,16-,17-,18-,19-,20-,21-,22-,23+,24+,25+,26+,27+,28+,29-,30-,31+,32+,33+,34+,35+,36-,37-,38+,39+,40+/m1/s1. The molecule has 73 heavy (non-hydrogen) atoms. The van der Waals surface area contributed by atoms with Crippen LogP contribution in [0.3, 0.4) is 0 Å². The smallest absolute Gasteiger partial charge is 0.218 e. The van der Waals surface area contributed by atoms with Crippen molar-refractivity contribution in [1.29, 1.82) is 0 Å². The monoisotopic (exact) mass is 1070 g/mol. The maximum atomic E-state index is 12.6. The van der Waals surface area contributed by atoms with Crippen LogP contribution in [0.1, 0.15) is 13.8 Å². The summed E-state index contributed by atoms with van der Waals surface area (Å²) < 4.78 is 63.2. The number of carbonyl (C=O) groups excluding carboxylic acids is 2. The van der Waals surface area contributed by atoms with E-state index in [0.717, 1.165) is 13.8 Å². The van der Waals surface area contributed by atoms with Gasteiger partial charge in [-0.2, -0.15) is 0 Å². The summed E-state index contributed by atoms with van der Waals surface area (Å²) in [5.74, 6) is -1.39. The fraction of sp³-hybridized carbons (Fsp3) is 0.950. The Hall–Kier alpha value is -2.22. The van der Waals surface area contributed by atoms with E-state index in [4.69, 9.17) is 52.1 Å². The molecule has 7 rings (SSSR count). The molecule has 7 aliphatic heterocycles. The summed E-state index contributed by atoms with van der Waals surface area (Å²) in [7, 11) is 0. The summed E-state index contributed by atoms with van der Waals surface area (Å²) in [6.07, 6.45) is -51.6. The van der Waals surface area contributed by atoms with Crippen LogP contribution in [0.2, 0.25) is 0 Å². The van der Waals surface area contributed by atoms with E-state index in [1.807, 2.05) is 0 Å². The zero-order valence-electron chi connectivity index (χ0n) is 38.9. The molecule has 0 aromatic rings. The van der Waals surface area contributed by atoms with E-state index in [0.29, 0.717) is 0 Å². The summed E-state index contributed by atoms with van der Waals surface area (Å²) in [5, 5.41) is 190. The molecular weight excluding hydrogens is 1000 g/mol. The van der Waals surface area contributed by atoms with Crippen molar-refractivity contribution < 1.29 is 149 Å². The van der Waals surface area contributed by atoms with Crippen molar-refractivity contribution in [1.82, 2.24) is 16.0 Å². The number of aliphatic hydroxyl groups excluding tert-OH is 17. The molecule has 7 fully saturated rings. The number of amides is 2. The third-order valence-electron chi connectivity index (χ3n) is 13.7. The lowest BCUT2D eigenvalue weighted by Gasteiger charge is -2.50. The van der Waals surface area contributed by atoms with E-state index in [2.05, 4.69) is 16.0 Å². The molecule has 0 radical (unpaired) electrons. The van der Waals surface area contributed by atoms with E-state index in [1.54, 1.807) is 0 Å². The lowest BCUT2D eigenvalue weighted by molar-refractivity contribution is -0.385.